The number of pyridine rings is 1. The molecule has 0 bridgehead atoms. The highest BCUT2D eigenvalue weighted by molar-refractivity contribution is 6.30. The molecular weight excluding hydrogens is 426 g/mol. The van der Waals surface area contributed by atoms with E-state index in [2.05, 4.69) is 6.07 Å². The Morgan fingerprint density at radius 2 is 1.62 bits per heavy atom. The van der Waals surface area contributed by atoms with Crippen LogP contribution in [0.4, 0.5) is 0 Å². The summed E-state index contributed by atoms with van der Waals surface area (Å²) in [5, 5.41) is 20.5. The molecule has 160 valence electrons. The molecule has 4 rings (SSSR count). The lowest BCUT2D eigenvalue weighted by Gasteiger charge is -2.26. The predicted octanol–water partition coefficient (Wildman–Crippen LogP) is 4.93. The number of nitrogens with zero attached hydrogens (tertiary/aromatic N) is 3. The van der Waals surface area contributed by atoms with E-state index in [4.69, 9.17) is 21.1 Å². The van der Waals surface area contributed by atoms with Crippen molar-refractivity contribution >= 4 is 11.6 Å². The van der Waals surface area contributed by atoms with E-state index in [9.17, 15) is 15.3 Å². The second-order valence-corrected chi connectivity index (χ2v) is 7.67. The van der Waals surface area contributed by atoms with Crippen LogP contribution in [-0.2, 0) is 13.0 Å². The van der Waals surface area contributed by atoms with Crippen molar-refractivity contribution in [3.63, 3.8) is 0 Å². The molecule has 0 spiro atoms. The van der Waals surface area contributed by atoms with Gasteiger partial charge in [-0.05, 0) is 55.7 Å². The molecule has 0 atom stereocenters. The maximum Gasteiger partial charge on any atom is 0.269 e. The lowest BCUT2D eigenvalue weighted by Crippen LogP contribution is -2.30. The molecule has 0 unspecified atom stereocenters. The number of rotatable bonds is 5. The minimum atomic E-state index is -0.413. The van der Waals surface area contributed by atoms with Gasteiger partial charge in [0.1, 0.15) is 17.7 Å². The third-order valence-electron chi connectivity index (χ3n) is 5.45. The maximum atomic E-state index is 13.3. The Morgan fingerprint density at radius 3 is 2.22 bits per heavy atom. The van der Waals surface area contributed by atoms with Crippen molar-refractivity contribution in [1.82, 2.24) is 4.57 Å². The number of hydrogen-bond donors (Lipinski definition) is 0. The topological polar surface area (TPSA) is 88.0 Å². The Bertz CT molecular complexity index is 1350. The van der Waals surface area contributed by atoms with Gasteiger partial charge in [-0.15, -0.1) is 0 Å². The summed E-state index contributed by atoms with van der Waals surface area (Å²) >= 11 is 6.03. The van der Waals surface area contributed by atoms with Gasteiger partial charge in [0.2, 0.25) is 0 Å². The van der Waals surface area contributed by atoms with Crippen molar-refractivity contribution in [2.24, 2.45) is 0 Å². The maximum absolute atomic E-state index is 13.3. The molecule has 1 aliphatic rings. The van der Waals surface area contributed by atoms with E-state index < -0.39 is 5.56 Å². The number of hydrogen-bond acceptors (Lipinski definition) is 5. The zero-order valence-electron chi connectivity index (χ0n) is 17.7. The smallest absolute Gasteiger partial charge is 0.269 e. The molecular formula is C25H20ClN3O3. The molecule has 0 aliphatic carbocycles. The summed E-state index contributed by atoms with van der Waals surface area (Å²) in [4.78, 5) is 13.3. The first kappa shape index (κ1) is 21.5. The normalized spacial score (nSPS) is 11.7. The van der Waals surface area contributed by atoms with E-state index in [1.165, 1.54) is 4.57 Å². The molecule has 0 N–H and O–H groups in total. The third-order valence-corrected chi connectivity index (χ3v) is 5.70. The summed E-state index contributed by atoms with van der Waals surface area (Å²) in [6, 6.07) is 14.8. The molecule has 1 aliphatic heterocycles. The first-order chi connectivity index (χ1) is 15.5. The summed E-state index contributed by atoms with van der Waals surface area (Å²) in [6.45, 7) is 5.08. The number of halogens is 1. The number of aryl methyl sites for hydroxylation is 1. The SMILES string of the molecule is CCOc1cc2c(cc1OCC)-c1c(C#N)c(-c3ccc(Cl)cc3)c(C#N)c(=O)n1CC2. The van der Waals surface area contributed by atoms with Gasteiger partial charge in [0, 0.05) is 22.7 Å². The van der Waals surface area contributed by atoms with Crippen molar-refractivity contribution in [3.8, 4) is 46.0 Å². The summed E-state index contributed by atoms with van der Waals surface area (Å²) in [6.07, 6.45) is 0.574. The van der Waals surface area contributed by atoms with Crippen LogP contribution in [0.1, 0.15) is 30.5 Å². The van der Waals surface area contributed by atoms with Crippen LogP contribution in [0.15, 0.2) is 41.2 Å². The predicted molar refractivity (Wildman–Crippen MR) is 122 cm³/mol. The molecule has 3 aromatic rings. The summed E-state index contributed by atoms with van der Waals surface area (Å²) in [5.74, 6) is 1.18. The van der Waals surface area contributed by atoms with E-state index in [0.717, 1.165) is 11.1 Å². The molecule has 32 heavy (non-hydrogen) atoms. The van der Waals surface area contributed by atoms with Crippen LogP contribution >= 0.6 is 11.6 Å². The molecule has 2 aromatic carbocycles. The van der Waals surface area contributed by atoms with Crippen LogP contribution in [0.3, 0.4) is 0 Å². The van der Waals surface area contributed by atoms with Gasteiger partial charge >= 0.3 is 0 Å². The molecule has 0 fully saturated rings. The Morgan fingerprint density at radius 1 is 1.00 bits per heavy atom. The van der Waals surface area contributed by atoms with Gasteiger partial charge in [0.15, 0.2) is 11.5 Å². The van der Waals surface area contributed by atoms with Crippen LogP contribution in [0, 0.1) is 22.7 Å². The van der Waals surface area contributed by atoms with Crippen LogP contribution in [0.2, 0.25) is 5.02 Å². The van der Waals surface area contributed by atoms with Crippen molar-refractivity contribution in [2.45, 2.75) is 26.8 Å². The summed E-state index contributed by atoms with van der Waals surface area (Å²) in [5.41, 5.74) is 2.91. The van der Waals surface area contributed by atoms with Crippen LogP contribution < -0.4 is 15.0 Å². The number of nitriles is 2. The second kappa shape index (κ2) is 8.78. The molecule has 6 nitrogen and oxygen atoms in total. The quantitative estimate of drug-likeness (QED) is 0.555. The monoisotopic (exact) mass is 445 g/mol. The zero-order valence-corrected chi connectivity index (χ0v) is 18.5. The first-order valence-corrected chi connectivity index (χ1v) is 10.7. The minimum absolute atomic E-state index is 0.0490. The Kier molecular flexibility index (Phi) is 5.90. The average molecular weight is 446 g/mol. The van der Waals surface area contributed by atoms with E-state index in [0.29, 0.717) is 59.5 Å². The van der Waals surface area contributed by atoms with E-state index >= 15 is 0 Å². The van der Waals surface area contributed by atoms with Gasteiger partial charge in [-0.2, -0.15) is 10.5 Å². The number of aromatic nitrogens is 1. The highest BCUT2D eigenvalue weighted by Crippen LogP contribution is 2.42. The molecule has 0 saturated heterocycles. The summed E-state index contributed by atoms with van der Waals surface area (Å²) < 4.78 is 13.1. The van der Waals surface area contributed by atoms with Crippen molar-refractivity contribution in [2.75, 3.05) is 13.2 Å². The lowest BCUT2D eigenvalue weighted by molar-refractivity contribution is 0.287. The van der Waals surface area contributed by atoms with E-state index in [1.807, 2.05) is 32.0 Å². The minimum Gasteiger partial charge on any atom is -0.490 e. The van der Waals surface area contributed by atoms with Gasteiger partial charge in [-0.25, -0.2) is 0 Å². The fourth-order valence-electron chi connectivity index (χ4n) is 4.13. The Labute approximate surface area is 190 Å². The van der Waals surface area contributed by atoms with Gasteiger partial charge in [0.05, 0.1) is 24.5 Å². The molecule has 2 heterocycles. The second-order valence-electron chi connectivity index (χ2n) is 7.23. The fraction of sp³-hybridized carbons (Fsp3) is 0.240. The van der Waals surface area contributed by atoms with Crippen molar-refractivity contribution in [1.29, 1.82) is 10.5 Å². The number of ether oxygens (including phenoxy) is 2. The lowest BCUT2D eigenvalue weighted by atomic mass is 9.88. The van der Waals surface area contributed by atoms with Gasteiger partial charge < -0.3 is 14.0 Å². The molecule has 0 amide bonds. The first-order valence-electron chi connectivity index (χ1n) is 10.3. The van der Waals surface area contributed by atoms with Gasteiger partial charge in [-0.1, -0.05) is 23.7 Å². The van der Waals surface area contributed by atoms with Crippen molar-refractivity contribution < 1.29 is 9.47 Å². The number of benzene rings is 2. The standard InChI is InChI=1S/C25H20ClN3O3/c1-3-31-21-11-16-9-10-29-24(18(16)12-22(21)32-4-2)19(13-27)23(20(14-28)25(29)30)15-5-7-17(26)8-6-15/h5-8,11-12H,3-4,9-10H2,1-2H3. The fourth-order valence-corrected chi connectivity index (χ4v) is 4.26. The molecule has 0 saturated carbocycles. The highest BCUT2D eigenvalue weighted by atomic mass is 35.5. The third kappa shape index (κ3) is 3.49. The Balaban J connectivity index is 2.08. The van der Waals surface area contributed by atoms with E-state index in [-0.39, 0.29) is 11.1 Å². The van der Waals surface area contributed by atoms with Gasteiger partial charge in [0.25, 0.3) is 5.56 Å². The van der Waals surface area contributed by atoms with Crippen LogP contribution in [0.5, 0.6) is 11.5 Å². The molecule has 0 radical (unpaired) electrons. The number of fused-ring (bicyclic) bond motifs is 3. The zero-order chi connectivity index (χ0) is 22.8. The molecule has 1 aromatic heterocycles. The van der Waals surface area contributed by atoms with Crippen LogP contribution in [-0.4, -0.2) is 17.8 Å². The largest absolute Gasteiger partial charge is 0.490 e. The Hall–Kier alpha value is -3.74. The van der Waals surface area contributed by atoms with Gasteiger partial charge in [-0.3, -0.25) is 4.79 Å². The highest BCUT2D eigenvalue weighted by Gasteiger charge is 2.29. The molecule has 7 heteroatoms. The van der Waals surface area contributed by atoms with Crippen LogP contribution in [0.25, 0.3) is 22.4 Å². The van der Waals surface area contributed by atoms with E-state index in [1.54, 1.807) is 24.3 Å². The summed E-state index contributed by atoms with van der Waals surface area (Å²) in [7, 11) is 0. The van der Waals surface area contributed by atoms with Crippen molar-refractivity contribution in [3.05, 3.63) is 68.5 Å². The average Bonchev–Trinajstić information content (AvgIpc) is 2.80.